The van der Waals surface area contributed by atoms with Gasteiger partial charge in [0.2, 0.25) is 0 Å². The third-order valence-electron chi connectivity index (χ3n) is 3.13. The molecule has 3 nitrogen and oxygen atoms in total. The molecule has 2 aliphatic heterocycles. The van der Waals surface area contributed by atoms with E-state index in [2.05, 4.69) is 5.32 Å². The Morgan fingerprint density at radius 1 is 1.25 bits per heavy atom. The summed E-state index contributed by atoms with van der Waals surface area (Å²) in [5.41, 5.74) is 5.16. The lowest BCUT2D eigenvalue weighted by Gasteiger charge is -2.52. The third-order valence-corrected chi connectivity index (χ3v) is 4.11. The lowest BCUT2D eigenvalue weighted by atomic mass is 9.72. The van der Waals surface area contributed by atoms with E-state index in [0.717, 1.165) is 37.4 Å². The zero-order chi connectivity index (χ0) is 8.66. The topological polar surface area (TPSA) is 58.3 Å². The van der Waals surface area contributed by atoms with Crippen LogP contribution in [-0.4, -0.2) is 40.8 Å². The average Bonchev–Trinajstić information content (AvgIpc) is 2.01. The fraction of sp³-hybridized carbons (Fsp3) is 1.00. The van der Waals surface area contributed by atoms with Crippen molar-refractivity contribution in [1.82, 2.24) is 5.32 Å². The Balaban J connectivity index is 2.07. The van der Waals surface area contributed by atoms with Crippen molar-refractivity contribution < 1.29 is 5.11 Å². The van der Waals surface area contributed by atoms with Crippen molar-refractivity contribution in [2.45, 2.75) is 24.0 Å². The zero-order valence-electron chi connectivity index (χ0n) is 7.18. The van der Waals surface area contributed by atoms with Crippen LogP contribution in [0.15, 0.2) is 0 Å². The lowest BCUT2D eigenvalue weighted by Crippen LogP contribution is -2.77. The zero-order valence-corrected chi connectivity index (χ0v) is 7.99. The van der Waals surface area contributed by atoms with Gasteiger partial charge in [0.1, 0.15) is 0 Å². The van der Waals surface area contributed by atoms with Crippen LogP contribution in [0.4, 0.5) is 0 Å². The van der Waals surface area contributed by atoms with Gasteiger partial charge in [-0.05, 0) is 24.3 Å². The van der Waals surface area contributed by atoms with Gasteiger partial charge in [0, 0.05) is 13.1 Å². The Morgan fingerprint density at radius 2 is 1.83 bits per heavy atom. The summed E-state index contributed by atoms with van der Waals surface area (Å²) in [6.07, 6.45) is 1.71. The third kappa shape index (κ3) is 1.18. The maximum absolute atomic E-state index is 10.3. The lowest BCUT2D eigenvalue weighted by molar-refractivity contribution is -0.0641. The number of rotatable bonds is 1. The quantitative estimate of drug-likeness (QED) is 0.521. The van der Waals surface area contributed by atoms with Crippen molar-refractivity contribution in [3.63, 3.8) is 0 Å². The minimum atomic E-state index is -0.594. The van der Waals surface area contributed by atoms with E-state index in [0.29, 0.717) is 0 Å². The minimum Gasteiger partial charge on any atom is -0.388 e. The van der Waals surface area contributed by atoms with E-state index in [1.807, 2.05) is 11.8 Å². The fourth-order valence-electron chi connectivity index (χ4n) is 1.93. The van der Waals surface area contributed by atoms with E-state index in [1.54, 1.807) is 0 Å². The van der Waals surface area contributed by atoms with Crippen molar-refractivity contribution in [2.24, 2.45) is 5.73 Å². The van der Waals surface area contributed by atoms with Gasteiger partial charge in [0.25, 0.3) is 0 Å². The first-order valence-corrected chi connectivity index (χ1v) is 5.62. The summed E-state index contributed by atoms with van der Waals surface area (Å²) in [4.78, 5) is 0. The Morgan fingerprint density at radius 3 is 2.25 bits per heavy atom. The van der Waals surface area contributed by atoms with E-state index in [1.165, 1.54) is 0 Å². The number of nitrogens with two attached hydrogens (primary N) is 1. The van der Waals surface area contributed by atoms with Gasteiger partial charge in [-0.1, -0.05) is 0 Å². The molecule has 0 radical (unpaired) electrons. The highest BCUT2D eigenvalue weighted by Gasteiger charge is 2.51. The van der Waals surface area contributed by atoms with Crippen LogP contribution in [0.5, 0.6) is 0 Å². The summed E-state index contributed by atoms with van der Waals surface area (Å²) in [7, 11) is 0. The summed E-state index contributed by atoms with van der Waals surface area (Å²) in [6, 6.07) is 0. The molecule has 2 aliphatic rings. The highest BCUT2D eigenvalue weighted by atomic mass is 32.2. The molecule has 0 aromatic carbocycles. The van der Waals surface area contributed by atoms with Gasteiger partial charge >= 0.3 is 0 Å². The molecule has 0 aromatic heterocycles. The predicted molar refractivity (Wildman–Crippen MR) is 51.3 cm³/mol. The monoisotopic (exact) mass is 188 g/mol. The van der Waals surface area contributed by atoms with Crippen LogP contribution < -0.4 is 11.1 Å². The molecule has 2 rings (SSSR count). The van der Waals surface area contributed by atoms with Crippen molar-refractivity contribution in [2.75, 3.05) is 24.6 Å². The normalized spacial score (nSPS) is 32.5. The number of aliphatic hydroxyl groups is 1. The summed E-state index contributed by atoms with van der Waals surface area (Å²) >= 11 is 1.91. The largest absolute Gasteiger partial charge is 0.388 e. The van der Waals surface area contributed by atoms with Crippen LogP contribution >= 0.6 is 11.8 Å². The number of thioether (sulfide) groups is 1. The molecular weight excluding hydrogens is 172 g/mol. The summed E-state index contributed by atoms with van der Waals surface area (Å²) in [5, 5.41) is 13.4. The van der Waals surface area contributed by atoms with Crippen LogP contribution in [-0.2, 0) is 0 Å². The van der Waals surface area contributed by atoms with Gasteiger partial charge in [-0.2, -0.15) is 11.8 Å². The molecule has 4 heteroatoms. The summed E-state index contributed by atoms with van der Waals surface area (Å²) in [6.45, 7) is 1.54. The SMILES string of the molecule is NC1(C2(O)CCSCC2)CNC1. The molecule has 0 bridgehead atoms. The molecular formula is C8H16N2OS. The van der Waals surface area contributed by atoms with Gasteiger partial charge in [0.15, 0.2) is 0 Å². The maximum atomic E-state index is 10.3. The first-order chi connectivity index (χ1) is 5.66. The van der Waals surface area contributed by atoms with Crippen molar-refractivity contribution >= 4 is 11.8 Å². The molecule has 2 fully saturated rings. The molecule has 2 heterocycles. The first-order valence-electron chi connectivity index (χ1n) is 4.46. The van der Waals surface area contributed by atoms with E-state index in [9.17, 15) is 5.11 Å². The summed E-state index contributed by atoms with van der Waals surface area (Å²) < 4.78 is 0. The average molecular weight is 188 g/mol. The van der Waals surface area contributed by atoms with Crippen LogP contribution in [0.1, 0.15) is 12.8 Å². The van der Waals surface area contributed by atoms with Gasteiger partial charge in [-0.15, -0.1) is 0 Å². The molecule has 0 aromatic rings. The molecule has 70 valence electrons. The number of hydrogen-bond donors (Lipinski definition) is 3. The molecule has 2 saturated heterocycles. The van der Waals surface area contributed by atoms with Crippen LogP contribution in [0, 0.1) is 0 Å². The smallest absolute Gasteiger partial charge is 0.0867 e. The second kappa shape index (κ2) is 2.87. The molecule has 0 spiro atoms. The fourth-order valence-corrected chi connectivity index (χ4v) is 3.10. The highest BCUT2D eigenvalue weighted by Crippen LogP contribution is 2.36. The second-order valence-electron chi connectivity index (χ2n) is 3.90. The van der Waals surface area contributed by atoms with Gasteiger partial charge in [0.05, 0.1) is 11.1 Å². The highest BCUT2D eigenvalue weighted by molar-refractivity contribution is 7.99. The predicted octanol–water partition coefficient (Wildman–Crippen LogP) is -0.455. The second-order valence-corrected chi connectivity index (χ2v) is 5.13. The molecule has 0 saturated carbocycles. The molecule has 0 unspecified atom stereocenters. The van der Waals surface area contributed by atoms with E-state index < -0.39 is 5.60 Å². The minimum absolute atomic E-state index is 0.339. The van der Waals surface area contributed by atoms with Crippen molar-refractivity contribution in [3.05, 3.63) is 0 Å². The van der Waals surface area contributed by atoms with Gasteiger partial charge < -0.3 is 16.2 Å². The Labute approximate surface area is 77.1 Å². The van der Waals surface area contributed by atoms with Gasteiger partial charge in [-0.25, -0.2) is 0 Å². The van der Waals surface area contributed by atoms with Crippen LogP contribution in [0.2, 0.25) is 0 Å². The molecule has 0 amide bonds. The van der Waals surface area contributed by atoms with Crippen molar-refractivity contribution in [3.8, 4) is 0 Å². The first kappa shape index (κ1) is 8.81. The number of nitrogens with one attached hydrogen (secondary N) is 1. The van der Waals surface area contributed by atoms with E-state index in [4.69, 9.17) is 5.73 Å². The molecule has 12 heavy (non-hydrogen) atoms. The van der Waals surface area contributed by atoms with Gasteiger partial charge in [-0.3, -0.25) is 0 Å². The summed E-state index contributed by atoms with van der Waals surface area (Å²) in [5.74, 6) is 2.10. The Bertz CT molecular complexity index is 176. The van der Waals surface area contributed by atoms with Crippen molar-refractivity contribution in [1.29, 1.82) is 0 Å². The number of hydrogen-bond acceptors (Lipinski definition) is 4. The molecule has 0 atom stereocenters. The Kier molecular flexibility index (Phi) is 2.11. The van der Waals surface area contributed by atoms with Crippen LogP contribution in [0.3, 0.4) is 0 Å². The molecule has 0 aliphatic carbocycles. The molecule has 4 N–H and O–H groups in total. The standard InChI is InChI=1S/C8H16N2OS/c9-7(5-10-6-7)8(11)1-3-12-4-2-8/h10-11H,1-6,9H2. The van der Waals surface area contributed by atoms with E-state index in [-0.39, 0.29) is 5.54 Å². The van der Waals surface area contributed by atoms with Crippen LogP contribution in [0.25, 0.3) is 0 Å². The maximum Gasteiger partial charge on any atom is 0.0867 e. The Hall–Kier alpha value is 0.230. The van der Waals surface area contributed by atoms with E-state index >= 15 is 0 Å².